The van der Waals surface area contributed by atoms with Crippen molar-refractivity contribution in [1.82, 2.24) is 0 Å². The maximum atomic E-state index is 3.72. The summed E-state index contributed by atoms with van der Waals surface area (Å²) in [6.07, 6.45) is 20.0. The van der Waals surface area contributed by atoms with Crippen LogP contribution >= 0.6 is 34.0 Å². The van der Waals surface area contributed by atoms with Gasteiger partial charge in [0, 0.05) is 0 Å². The molecular weight excluding hydrogens is 483 g/mol. The number of hydrogen-bond acceptors (Lipinski definition) is 0. The molecule has 3 rings (SSSR count). The molecule has 0 saturated heterocycles. The summed E-state index contributed by atoms with van der Waals surface area (Å²) in [7, 11) is 0. The molecule has 0 radical (unpaired) electrons. The molecule has 21 heavy (non-hydrogen) atoms. The van der Waals surface area contributed by atoms with Gasteiger partial charge in [-0.3, -0.25) is 12.2 Å². The summed E-state index contributed by atoms with van der Waals surface area (Å²) in [6.45, 7) is 5.67. The van der Waals surface area contributed by atoms with E-state index < -0.39 is 0 Å². The second-order valence-electron chi connectivity index (χ2n) is 3.49. The standard InChI is InChI=1S/C7H7.2C5H5.2BrH.H2Si.Zr/c1-7-5-3-2-4-6-7;2*1-2-4-5-3-1;;;;/h2-6H,1H2;2*1-3H,4H2;2*1H;1H2;/q3*-1;;;;. The predicted molar refractivity (Wildman–Crippen MR) is 103 cm³/mol. The first-order valence-corrected chi connectivity index (χ1v) is 12.0. The van der Waals surface area contributed by atoms with Gasteiger partial charge in [-0.25, -0.2) is 24.3 Å². The zero-order chi connectivity index (χ0) is 14.2. The second kappa shape index (κ2) is 22.4. The fraction of sp³-hybridized carbons (Fsp3) is 0.118. The Morgan fingerprint density at radius 2 is 1.29 bits per heavy atom. The van der Waals surface area contributed by atoms with Gasteiger partial charge in [-0.15, -0.1) is 58.9 Å². The molecule has 0 spiro atoms. The van der Waals surface area contributed by atoms with Crippen LogP contribution in [0.4, 0.5) is 0 Å². The van der Waals surface area contributed by atoms with Crippen molar-refractivity contribution in [3.05, 3.63) is 91.4 Å². The van der Waals surface area contributed by atoms with Gasteiger partial charge in [-0.05, 0) is 0 Å². The summed E-state index contributed by atoms with van der Waals surface area (Å²) in [5.41, 5.74) is 1.07. The van der Waals surface area contributed by atoms with E-state index in [0.29, 0.717) is 0 Å². The summed E-state index contributed by atoms with van der Waals surface area (Å²) in [6, 6.07) is 9.87. The molecule has 0 unspecified atom stereocenters. The molecule has 0 atom stereocenters. The molecule has 0 amide bonds. The van der Waals surface area contributed by atoms with E-state index in [9.17, 15) is 0 Å². The van der Waals surface area contributed by atoms with E-state index in [4.69, 9.17) is 0 Å². The number of hydrogen-bond donors (Lipinski definition) is 0. The first-order chi connectivity index (χ1) is 9.39. The quantitative estimate of drug-likeness (QED) is 0.355. The molecule has 1 aromatic rings. The number of halogens is 2. The van der Waals surface area contributed by atoms with Crippen LogP contribution in [0.2, 0.25) is 0 Å². The SMILES string of the molecule is Br.Br.[C-]1=CC=CC1.[C-]1=CC=CC1.[CH2-]c1ccccc1.[SiH2]=[Zr]. The first-order valence-electron chi connectivity index (χ1n) is 6.05. The third kappa shape index (κ3) is 20.1. The zero-order valence-electron chi connectivity index (χ0n) is 12.0. The van der Waals surface area contributed by atoms with E-state index in [0.717, 1.165) is 18.4 Å². The van der Waals surface area contributed by atoms with Gasteiger partial charge in [0.2, 0.25) is 0 Å². The zero-order valence-corrected chi connectivity index (χ0v) is 19.3. The molecule has 0 fully saturated rings. The van der Waals surface area contributed by atoms with Crippen molar-refractivity contribution in [3.63, 3.8) is 0 Å². The molecule has 2 aliphatic rings. The van der Waals surface area contributed by atoms with Crippen LogP contribution in [0.5, 0.6) is 0 Å². The number of rotatable bonds is 0. The Morgan fingerprint density at radius 1 is 0.857 bits per heavy atom. The van der Waals surface area contributed by atoms with E-state index in [1.165, 1.54) is 0 Å². The molecule has 2 aliphatic carbocycles. The van der Waals surface area contributed by atoms with Crippen molar-refractivity contribution in [3.8, 4) is 0 Å². The van der Waals surface area contributed by atoms with Crippen molar-refractivity contribution in [2.75, 3.05) is 0 Å². The van der Waals surface area contributed by atoms with Crippen LogP contribution in [0.3, 0.4) is 0 Å². The summed E-state index contributed by atoms with van der Waals surface area (Å²) in [4.78, 5) is 0. The van der Waals surface area contributed by atoms with Gasteiger partial charge in [0.15, 0.2) is 0 Å². The first kappa shape index (κ1) is 26.0. The molecule has 0 bridgehead atoms. The van der Waals surface area contributed by atoms with Crippen LogP contribution in [0.25, 0.3) is 0 Å². The molecule has 0 aliphatic heterocycles. The second-order valence-corrected chi connectivity index (χ2v) is 3.49. The average molecular weight is 504 g/mol. The Hall–Kier alpha value is 0.110. The van der Waals surface area contributed by atoms with Gasteiger partial charge in [-0.1, -0.05) is 6.07 Å². The van der Waals surface area contributed by atoms with Gasteiger partial charge >= 0.3 is 30.2 Å². The normalized spacial score (nSPS) is 11.4. The fourth-order valence-electron chi connectivity index (χ4n) is 1.16. The van der Waals surface area contributed by atoms with Gasteiger partial charge in [-0.2, -0.15) is 36.8 Å². The van der Waals surface area contributed by atoms with Crippen LogP contribution in [0, 0.1) is 19.1 Å². The van der Waals surface area contributed by atoms with Crippen molar-refractivity contribution < 1.29 is 23.3 Å². The molecule has 0 heterocycles. The Balaban J connectivity index is -0.000000212. The minimum atomic E-state index is 0. The molecule has 0 saturated carbocycles. The van der Waals surface area contributed by atoms with Gasteiger partial charge in [0.25, 0.3) is 0 Å². The van der Waals surface area contributed by atoms with E-state index in [2.05, 4.69) is 31.2 Å². The summed E-state index contributed by atoms with van der Waals surface area (Å²) in [5, 5.41) is 0. The van der Waals surface area contributed by atoms with E-state index >= 15 is 0 Å². The summed E-state index contributed by atoms with van der Waals surface area (Å²) in [5.74, 6) is 0. The van der Waals surface area contributed by atoms with E-state index in [1.54, 1.807) is 23.3 Å². The Morgan fingerprint density at radius 3 is 1.43 bits per heavy atom. The van der Waals surface area contributed by atoms with Crippen LogP contribution in [-0.4, -0.2) is 6.88 Å². The molecular formula is C17H21Br2SiZr-3. The fourth-order valence-corrected chi connectivity index (χ4v) is 1.16. The minimum absolute atomic E-state index is 0. The van der Waals surface area contributed by atoms with E-state index in [-0.39, 0.29) is 34.0 Å². The van der Waals surface area contributed by atoms with Crippen molar-refractivity contribution in [2.24, 2.45) is 0 Å². The molecule has 0 aromatic heterocycles. The average Bonchev–Trinajstić information content (AvgIpc) is 3.20. The third-order valence-electron chi connectivity index (χ3n) is 2.01. The Bertz CT molecular complexity index is 384. The number of benzene rings is 1. The molecule has 4 heteroatoms. The van der Waals surface area contributed by atoms with Crippen LogP contribution in [0.1, 0.15) is 18.4 Å². The van der Waals surface area contributed by atoms with E-state index in [1.807, 2.05) is 61.5 Å². The van der Waals surface area contributed by atoms with Gasteiger partial charge in [0.05, 0.1) is 0 Å². The maximum absolute atomic E-state index is 3.72. The monoisotopic (exact) mass is 501 g/mol. The number of allylic oxidation sites excluding steroid dienone is 8. The molecule has 0 nitrogen and oxygen atoms in total. The van der Waals surface area contributed by atoms with Gasteiger partial charge < -0.3 is 0 Å². The van der Waals surface area contributed by atoms with Crippen LogP contribution < -0.4 is 0 Å². The Labute approximate surface area is 167 Å². The van der Waals surface area contributed by atoms with Crippen molar-refractivity contribution in [2.45, 2.75) is 12.8 Å². The molecule has 0 N–H and O–H groups in total. The topological polar surface area (TPSA) is 0 Å². The summed E-state index contributed by atoms with van der Waals surface area (Å²) >= 11 is 1.58. The van der Waals surface area contributed by atoms with Crippen molar-refractivity contribution >= 4 is 40.8 Å². The van der Waals surface area contributed by atoms with Gasteiger partial charge in [0.1, 0.15) is 0 Å². The van der Waals surface area contributed by atoms with Crippen molar-refractivity contribution in [1.29, 1.82) is 0 Å². The van der Waals surface area contributed by atoms with Crippen LogP contribution in [0.15, 0.2) is 66.8 Å². The predicted octanol–water partition coefficient (Wildman–Crippen LogP) is 4.72. The summed E-state index contributed by atoms with van der Waals surface area (Å²) < 4.78 is 0. The molecule has 114 valence electrons. The third-order valence-corrected chi connectivity index (χ3v) is 2.01. The van der Waals surface area contributed by atoms with Crippen LogP contribution in [-0.2, 0) is 23.3 Å². The molecule has 1 aromatic carbocycles. The Kier molecular flexibility index (Phi) is 27.8.